The molecular weight excluding hydrogens is 480 g/mol. The largest absolute Gasteiger partial charge is 0.414 e. The number of hydrogen-bond donors (Lipinski definition) is 1. The summed E-state index contributed by atoms with van der Waals surface area (Å²) in [5, 5.41) is 4.17. The summed E-state index contributed by atoms with van der Waals surface area (Å²) in [7, 11) is -4.31. The van der Waals surface area contributed by atoms with E-state index in [1.54, 1.807) is 10.9 Å². The molecule has 1 saturated heterocycles. The lowest BCUT2D eigenvalue weighted by molar-refractivity contribution is -0.0390. The second-order valence-electron chi connectivity index (χ2n) is 12.3. The van der Waals surface area contributed by atoms with Crippen LogP contribution in [0.4, 0.5) is 5.82 Å². The van der Waals surface area contributed by atoms with E-state index in [1.807, 2.05) is 0 Å². The van der Waals surface area contributed by atoms with Gasteiger partial charge in [-0.25, -0.2) is 15.0 Å². The fraction of sp³-hybridized carbons (Fsp3) is 0.773. The molecule has 2 N–H and O–H groups in total. The van der Waals surface area contributed by atoms with Crippen LogP contribution < -0.4 is 5.73 Å². The number of nitrogens with zero attached hydrogens (tertiary/aromatic N) is 7. The molecule has 194 valence electrons. The fourth-order valence-corrected chi connectivity index (χ4v) is 5.83. The zero-order valence-corrected chi connectivity index (χ0v) is 24.6. The highest BCUT2D eigenvalue weighted by molar-refractivity contribution is 6.74. The van der Waals surface area contributed by atoms with Crippen molar-refractivity contribution in [1.29, 1.82) is 0 Å². The van der Waals surface area contributed by atoms with Gasteiger partial charge in [0.1, 0.15) is 30.2 Å². The minimum atomic E-state index is -2.25. The molecule has 4 atom stereocenters. The van der Waals surface area contributed by atoms with Crippen LogP contribution >= 0.6 is 0 Å². The second-order valence-corrected chi connectivity index (χ2v) is 21.8. The smallest absolute Gasteiger partial charge is 0.192 e. The van der Waals surface area contributed by atoms with Gasteiger partial charge < -0.3 is 19.3 Å². The number of rotatable bonds is 7. The number of aromatic nitrogens is 4. The van der Waals surface area contributed by atoms with Crippen molar-refractivity contribution in [1.82, 2.24) is 19.5 Å². The van der Waals surface area contributed by atoms with Crippen LogP contribution in [0.15, 0.2) is 17.8 Å². The third kappa shape index (κ3) is 5.39. The van der Waals surface area contributed by atoms with Gasteiger partial charge in [-0.1, -0.05) is 46.7 Å². The minimum absolute atomic E-state index is 0.0415. The van der Waals surface area contributed by atoms with Gasteiger partial charge in [0.25, 0.3) is 0 Å². The Balaban J connectivity index is 2.04. The first-order valence-electron chi connectivity index (χ1n) is 11.9. The Morgan fingerprint density at radius 2 is 1.71 bits per heavy atom. The molecule has 0 amide bonds. The molecule has 2 aromatic heterocycles. The number of hydrogen-bond acceptors (Lipinski definition) is 8. The third-order valence-corrected chi connectivity index (χ3v) is 16.8. The average molecular weight is 521 g/mol. The third-order valence-electron chi connectivity index (χ3n) is 7.81. The molecule has 11 nitrogen and oxygen atoms in total. The summed E-state index contributed by atoms with van der Waals surface area (Å²) in [4.78, 5) is 15.9. The van der Waals surface area contributed by atoms with Crippen LogP contribution in [0.2, 0.25) is 36.3 Å². The van der Waals surface area contributed by atoms with E-state index in [2.05, 4.69) is 92.7 Å². The van der Waals surface area contributed by atoms with Gasteiger partial charge in [-0.05, 0) is 41.8 Å². The summed E-state index contributed by atoms with van der Waals surface area (Å²) in [6.45, 7) is 22.3. The number of anilines is 1. The molecule has 0 unspecified atom stereocenters. The Kier molecular flexibility index (Phi) is 7.44. The molecular formula is C22H40N8O3Si2. The van der Waals surface area contributed by atoms with Gasteiger partial charge in [0.2, 0.25) is 0 Å². The maximum atomic E-state index is 9.49. The average Bonchev–Trinajstić information content (AvgIpc) is 3.28. The van der Waals surface area contributed by atoms with Crippen molar-refractivity contribution in [2.24, 2.45) is 5.11 Å². The molecule has 2 aromatic rings. The van der Waals surface area contributed by atoms with Gasteiger partial charge in [-0.15, -0.1) is 0 Å². The number of nitrogen functional groups attached to an aromatic ring is 1. The Bertz CT molecular complexity index is 1100. The highest BCUT2D eigenvalue weighted by Crippen LogP contribution is 2.44. The first-order valence-corrected chi connectivity index (χ1v) is 17.8. The summed E-state index contributed by atoms with van der Waals surface area (Å²) in [5.74, 6) is 0.277. The maximum Gasteiger partial charge on any atom is 0.192 e. The van der Waals surface area contributed by atoms with Gasteiger partial charge in [0.05, 0.1) is 19.0 Å². The van der Waals surface area contributed by atoms with Crippen LogP contribution in [-0.4, -0.2) is 61.0 Å². The van der Waals surface area contributed by atoms with Gasteiger partial charge in [0.15, 0.2) is 28.1 Å². The fourth-order valence-electron chi connectivity index (χ4n) is 3.49. The Morgan fingerprint density at radius 1 is 1.09 bits per heavy atom. The summed E-state index contributed by atoms with van der Waals surface area (Å²) < 4.78 is 21.7. The highest BCUT2D eigenvalue weighted by Gasteiger charge is 2.51. The predicted molar refractivity (Wildman–Crippen MR) is 142 cm³/mol. The summed E-state index contributed by atoms with van der Waals surface area (Å²) in [6, 6.07) is -0.643. The molecule has 1 fully saturated rings. The second kappa shape index (κ2) is 9.45. The summed E-state index contributed by atoms with van der Waals surface area (Å²) in [5.41, 5.74) is 16.5. The van der Waals surface area contributed by atoms with Crippen molar-refractivity contribution in [2.75, 3.05) is 12.3 Å². The van der Waals surface area contributed by atoms with Crippen LogP contribution in [0.3, 0.4) is 0 Å². The quantitative estimate of drug-likeness (QED) is 0.222. The normalized spacial score (nSPS) is 24.1. The lowest BCUT2D eigenvalue weighted by atomic mass is 10.1. The van der Waals surface area contributed by atoms with Crippen molar-refractivity contribution in [3.63, 3.8) is 0 Å². The van der Waals surface area contributed by atoms with Crippen LogP contribution in [0.25, 0.3) is 21.6 Å². The zero-order valence-electron chi connectivity index (χ0n) is 22.6. The van der Waals surface area contributed by atoms with E-state index in [0.29, 0.717) is 17.8 Å². The minimum Gasteiger partial charge on any atom is -0.414 e. The van der Waals surface area contributed by atoms with Gasteiger partial charge in [-0.2, -0.15) is 0 Å². The summed E-state index contributed by atoms with van der Waals surface area (Å²) in [6.07, 6.45) is 1.39. The maximum absolute atomic E-state index is 9.49. The molecule has 1 aliphatic rings. The molecule has 0 spiro atoms. The zero-order chi connectivity index (χ0) is 26.4. The van der Waals surface area contributed by atoms with Gasteiger partial charge in [0, 0.05) is 4.91 Å². The van der Waals surface area contributed by atoms with E-state index >= 15 is 0 Å². The highest BCUT2D eigenvalue weighted by atomic mass is 28.4. The molecule has 35 heavy (non-hydrogen) atoms. The number of azide groups is 1. The van der Waals surface area contributed by atoms with E-state index in [4.69, 9.17) is 19.3 Å². The lowest BCUT2D eigenvalue weighted by Crippen LogP contribution is -2.50. The van der Waals surface area contributed by atoms with Crippen molar-refractivity contribution in [2.45, 2.75) is 102 Å². The summed E-state index contributed by atoms with van der Waals surface area (Å²) >= 11 is 0. The van der Waals surface area contributed by atoms with Crippen LogP contribution in [0, 0.1) is 0 Å². The Hall–Kier alpha value is -2.03. The van der Waals surface area contributed by atoms with E-state index in [-0.39, 0.29) is 15.9 Å². The topological polar surface area (TPSA) is 146 Å². The first-order chi connectivity index (χ1) is 16.0. The van der Waals surface area contributed by atoms with Gasteiger partial charge >= 0.3 is 0 Å². The number of imidazole rings is 1. The van der Waals surface area contributed by atoms with E-state index in [1.165, 1.54) is 6.33 Å². The number of nitrogens with two attached hydrogens (primary N) is 1. The Morgan fingerprint density at radius 3 is 2.29 bits per heavy atom. The van der Waals surface area contributed by atoms with Crippen molar-refractivity contribution in [3.05, 3.63) is 23.1 Å². The van der Waals surface area contributed by atoms with E-state index in [0.717, 1.165) is 0 Å². The monoisotopic (exact) mass is 520 g/mol. The molecule has 0 aliphatic carbocycles. The predicted octanol–water partition coefficient (Wildman–Crippen LogP) is 5.40. The number of ether oxygens (including phenoxy) is 1. The van der Waals surface area contributed by atoms with Crippen molar-refractivity contribution in [3.8, 4) is 0 Å². The molecule has 3 heterocycles. The first kappa shape index (κ1) is 27.6. The van der Waals surface area contributed by atoms with Crippen molar-refractivity contribution >= 4 is 33.6 Å². The van der Waals surface area contributed by atoms with Gasteiger partial charge in [-0.3, -0.25) is 4.57 Å². The molecule has 3 rings (SSSR count). The molecule has 13 heteroatoms. The SMILES string of the molecule is CC(C)(C)[Si](C)(C)OC[C@H]1O[C@@H](n2cnc3c(N)ncnc32)[C@H](N=[N+]=[N-])[C@@H]1O[Si](C)(C)C(C)(C)C. The molecule has 1 aliphatic heterocycles. The standard InChI is InChI=1S/C22H40N8O3Si2/c1-21(2,3)34(7,8)31-11-14-17(33-35(9,10)22(4,5)6)15(28-29-24)20(32-14)30-13-27-16-18(23)25-12-26-19(16)30/h12-15,17,20H,11H2,1-10H3,(H2,23,25,26)/t14-,15-,17-,20-/m1/s1. The Labute approximate surface area is 209 Å². The van der Waals surface area contributed by atoms with Crippen molar-refractivity contribution < 1.29 is 13.6 Å². The number of fused-ring (bicyclic) bond motifs is 1. The van der Waals surface area contributed by atoms with E-state index in [9.17, 15) is 5.53 Å². The van der Waals surface area contributed by atoms with E-state index < -0.39 is 41.1 Å². The molecule has 0 radical (unpaired) electrons. The van der Waals surface area contributed by atoms with Crippen LogP contribution in [0.1, 0.15) is 47.8 Å². The molecule has 0 bridgehead atoms. The molecule has 0 aromatic carbocycles. The van der Waals surface area contributed by atoms with Crippen LogP contribution in [-0.2, 0) is 13.6 Å². The molecule has 0 saturated carbocycles. The van der Waals surface area contributed by atoms with Crippen LogP contribution in [0.5, 0.6) is 0 Å². The lowest BCUT2D eigenvalue weighted by Gasteiger charge is -2.41.